The molecule has 0 unspecified atom stereocenters. The standard InChI is InChI=1S/C15H23N3O2S/c1-2-16-10-12-5-7-18(8-6-12)14(19)11-17-15(20)13-4-3-9-21-13/h3-4,9,12,16H,2,5-8,10-11H2,1H3,(H,17,20). The summed E-state index contributed by atoms with van der Waals surface area (Å²) in [5, 5.41) is 7.91. The normalized spacial score (nSPS) is 16.0. The first-order valence-electron chi connectivity index (χ1n) is 7.51. The van der Waals surface area contributed by atoms with E-state index >= 15 is 0 Å². The summed E-state index contributed by atoms with van der Waals surface area (Å²) < 4.78 is 0. The van der Waals surface area contributed by atoms with E-state index < -0.39 is 0 Å². The lowest BCUT2D eigenvalue weighted by atomic mass is 9.97. The second-order valence-corrected chi connectivity index (χ2v) is 6.24. The van der Waals surface area contributed by atoms with Crippen molar-refractivity contribution in [1.29, 1.82) is 0 Å². The van der Waals surface area contributed by atoms with Crippen LogP contribution in [-0.4, -0.2) is 49.4 Å². The highest BCUT2D eigenvalue weighted by atomic mass is 32.1. The Kier molecular flexibility index (Phi) is 6.20. The van der Waals surface area contributed by atoms with E-state index in [2.05, 4.69) is 17.6 Å². The number of carbonyl (C=O) groups excluding carboxylic acids is 2. The monoisotopic (exact) mass is 309 g/mol. The number of hydrogen-bond donors (Lipinski definition) is 2. The van der Waals surface area contributed by atoms with E-state index in [9.17, 15) is 9.59 Å². The van der Waals surface area contributed by atoms with Gasteiger partial charge in [-0.25, -0.2) is 0 Å². The van der Waals surface area contributed by atoms with E-state index in [0.717, 1.165) is 39.0 Å². The maximum absolute atomic E-state index is 12.1. The van der Waals surface area contributed by atoms with Crippen molar-refractivity contribution >= 4 is 23.2 Å². The van der Waals surface area contributed by atoms with Gasteiger partial charge >= 0.3 is 0 Å². The summed E-state index contributed by atoms with van der Waals surface area (Å²) in [6.45, 7) is 5.82. The van der Waals surface area contributed by atoms with Crippen molar-refractivity contribution in [3.8, 4) is 0 Å². The number of hydrogen-bond acceptors (Lipinski definition) is 4. The second-order valence-electron chi connectivity index (χ2n) is 5.29. The molecule has 1 saturated heterocycles. The van der Waals surface area contributed by atoms with Crippen molar-refractivity contribution in [3.63, 3.8) is 0 Å². The Morgan fingerprint density at radius 2 is 2.14 bits per heavy atom. The SMILES string of the molecule is CCNCC1CCN(C(=O)CNC(=O)c2cccs2)CC1. The third-order valence-corrected chi connectivity index (χ3v) is 4.66. The number of likely N-dealkylation sites (tertiary alicyclic amines) is 1. The molecule has 0 aliphatic carbocycles. The summed E-state index contributed by atoms with van der Waals surface area (Å²) in [7, 11) is 0. The predicted octanol–water partition coefficient (Wildman–Crippen LogP) is 1.33. The minimum absolute atomic E-state index is 0.0156. The van der Waals surface area contributed by atoms with E-state index in [-0.39, 0.29) is 18.4 Å². The van der Waals surface area contributed by atoms with Gasteiger partial charge in [0.25, 0.3) is 5.91 Å². The first kappa shape index (κ1) is 16.0. The molecule has 2 heterocycles. The van der Waals surface area contributed by atoms with Crippen LogP contribution in [-0.2, 0) is 4.79 Å². The van der Waals surface area contributed by atoms with Gasteiger partial charge < -0.3 is 15.5 Å². The molecule has 6 heteroatoms. The van der Waals surface area contributed by atoms with Crippen LogP contribution in [0.3, 0.4) is 0 Å². The highest BCUT2D eigenvalue weighted by molar-refractivity contribution is 7.12. The highest BCUT2D eigenvalue weighted by Gasteiger charge is 2.22. The molecule has 116 valence electrons. The van der Waals surface area contributed by atoms with Crippen LogP contribution in [0.1, 0.15) is 29.4 Å². The number of nitrogens with one attached hydrogen (secondary N) is 2. The van der Waals surface area contributed by atoms with Crippen molar-refractivity contribution < 1.29 is 9.59 Å². The molecule has 1 fully saturated rings. The highest BCUT2D eigenvalue weighted by Crippen LogP contribution is 2.16. The van der Waals surface area contributed by atoms with Gasteiger partial charge in [0.05, 0.1) is 11.4 Å². The summed E-state index contributed by atoms with van der Waals surface area (Å²) in [6.07, 6.45) is 2.08. The third-order valence-electron chi connectivity index (χ3n) is 3.80. The van der Waals surface area contributed by atoms with Gasteiger partial charge in [0.1, 0.15) is 0 Å². The molecule has 2 N–H and O–H groups in total. The van der Waals surface area contributed by atoms with Gasteiger partial charge in [-0.2, -0.15) is 0 Å². The van der Waals surface area contributed by atoms with Gasteiger partial charge in [-0.05, 0) is 43.3 Å². The zero-order valence-corrected chi connectivity index (χ0v) is 13.2. The predicted molar refractivity (Wildman–Crippen MR) is 84.5 cm³/mol. The molecule has 5 nitrogen and oxygen atoms in total. The fourth-order valence-electron chi connectivity index (χ4n) is 2.50. The topological polar surface area (TPSA) is 61.4 Å². The van der Waals surface area contributed by atoms with Crippen molar-refractivity contribution in [2.24, 2.45) is 5.92 Å². The van der Waals surface area contributed by atoms with E-state index in [1.54, 1.807) is 6.07 Å². The molecule has 1 aliphatic rings. The fourth-order valence-corrected chi connectivity index (χ4v) is 3.14. The summed E-state index contributed by atoms with van der Waals surface area (Å²) >= 11 is 1.38. The third kappa shape index (κ3) is 4.82. The maximum Gasteiger partial charge on any atom is 0.261 e. The van der Waals surface area contributed by atoms with E-state index in [4.69, 9.17) is 0 Å². The van der Waals surface area contributed by atoms with Crippen molar-refractivity contribution in [2.75, 3.05) is 32.7 Å². The van der Waals surface area contributed by atoms with Gasteiger partial charge in [-0.1, -0.05) is 13.0 Å². The Balaban J connectivity index is 1.69. The molecule has 2 rings (SSSR count). The lowest BCUT2D eigenvalue weighted by molar-refractivity contribution is -0.131. The number of thiophene rings is 1. The maximum atomic E-state index is 12.1. The van der Waals surface area contributed by atoms with Crippen molar-refractivity contribution in [1.82, 2.24) is 15.5 Å². The minimum Gasteiger partial charge on any atom is -0.342 e. The fraction of sp³-hybridized carbons (Fsp3) is 0.600. The van der Waals surface area contributed by atoms with Gasteiger partial charge in [-0.3, -0.25) is 9.59 Å². The van der Waals surface area contributed by atoms with Crippen molar-refractivity contribution in [2.45, 2.75) is 19.8 Å². The first-order chi connectivity index (χ1) is 10.2. The molecule has 21 heavy (non-hydrogen) atoms. The van der Waals surface area contributed by atoms with Gasteiger partial charge in [0.15, 0.2) is 0 Å². The molecule has 0 aromatic carbocycles. The van der Waals surface area contributed by atoms with Gasteiger partial charge in [0, 0.05) is 13.1 Å². The number of amides is 2. The second kappa shape index (κ2) is 8.14. The zero-order valence-electron chi connectivity index (χ0n) is 12.4. The Hall–Kier alpha value is -1.40. The minimum atomic E-state index is -0.166. The van der Waals surface area contributed by atoms with Crippen LogP contribution in [0.15, 0.2) is 17.5 Å². The smallest absolute Gasteiger partial charge is 0.261 e. The summed E-state index contributed by atoms with van der Waals surface area (Å²) in [6, 6.07) is 3.59. The molecule has 2 amide bonds. The number of carbonyl (C=O) groups is 2. The van der Waals surface area contributed by atoms with E-state index in [1.807, 2.05) is 16.3 Å². The van der Waals surface area contributed by atoms with Crippen LogP contribution >= 0.6 is 11.3 Å². The molecule has 0 spiro atoms. The lowest BCUT2D eigenvalue weighted by Gasteiger charge is -2.32. The molecule has 0 atom stereocenters. The van der Waals surface area contributed by atoms with Crippen molar-refractivity contribution in [3.05, 3.63) is 22.4 Å². The van der Waals surface area contributed by atoms with Crippen LogP contribution in [0.5, 0.6) is 0 Å². The molecular formula is C15H23N3O2S. The Morgan fingerprint density at radius 1 is 1.38 bits per heavy atom. The quantitative estimate of drug-likeness (QED) is 0.833. The number of piperidine rings is 1. The zero-order chi connectivity index (χ0) is 15.1. The Labute approximate surface area is 129 Å². The van der Waals surface area contributed by atoms with Crippen LogP contribution in [0, 0.1) is 5.92 Å². The lowest BCUT2D eigenvalue weighted by Crippen LogP contribution is -2.45. The van der Waals surface area contributed by atoms with E-state index in [1.165, 1.54) is 11.3 Å². The van der Waals surface area contributed by atoms with Crippen LogP contribution in [0.4, 0.5) is 0 Å². The molecule has 0 saturated carbocycles. The molecular weight excluding hydrogens is 286 g/mol. The molecule has 1 aliphatic heterocycles. The van der Waals surface area contributed by atoms with Gasteiger partial charge in [-0.15, -0.1) is 11.3 Å². The summed E-state index contributed by atoms with van der Waals surface area (Å²) in [4.78, 5) is 26.4. The molecule has 1 aromatic heterocycles. The average Bonchev–Trinajstić information content (AvgIpc) is 3.05. The Morgan fingerprint density at radius 3 is 2.76 bits per heavy atom. The first-order valence-corrected chi connectivity index (χ1v) is 8.39. The summed E-state index contributed by atoms with van der Waals surface area (Å²) in [5.41, 5.74) is 0. The molecule has 1 aromatic rings. The Bertz CT molecular complexity index is 453. The van der Waals surface area contributed by atoms with Crippen LogP contribution in [0.2, 0.25) is 0 Å². The average molecular weight is 309 g/mol. The molecule has 0 radical (unpaired) electrons. The summed E-state index contributed by atoms with van der Waals surface area (Å²) in [5.74, 6) is 0.511. The number of nitrogens with zero attached hydrogens (tertiary/aromatic N) is 1. The number of rotatable bonds is 6. The van der Waals surface area contributed by atoms with Crippen LogP contribution < -0.4 is 10.6 Å². The largest absolute Gasteiger partial charge is 0.342 e. The van der Waals surface area contributed by atoms with Crippen LogP contribution in [0.25, 0.3) is 0 Å². The molecule has 0 bridgehead atoms. The van der Waals surface area contributed by atoms with E-state index in [0.29, 0.717) is 10.8 Å². The van der Waals surface area contributed by atoms with Gasteiger partial charge in [0.2, 0.25) is 5.91 Å².